The molecule has 1 fully saturated rings. The van der Waals surface area contributed by atoms with Gasteiger partial charge in [-0.05, 0) is 20.8 Å². The van der Waals surface area contributed by atoms with Gasteiger partial charge >= 0.3 is 6.09 Å². The fourth-order valence-corrected chi connectivity index (χ4v) is 2.68. The minimum atomic E-state index is -0.735. The van der Waals surface area contributed by atoms with Crippen molar-refractivity contribution in [2.75, 3.05) is 6.54 Å². The number of ether oxygens (including phenoxy) is 1. The largest absolute Gasteiger partial charge is 0.444 e. The number of ketones is 1. The molecule has 0 aliphatic carbocycles. The molecule has 1 aromatic rings. The van der Waals surface area contributed by atoms with E-state index in [4.69, 9.17) is 9.26 Å². The van der Waals surface area contributed by atoms with Crippen LogP contribution in [0.4, 0.5) is 4.79 Å². The molecule has 1 aliphatic heterocycles. The molecular formula is C18H28N2O5. The van der Waals surface area contributed by atoms with Gasteiger partial charge in [-0.1, -0.05) is 25.9 Å². The van der Waals surface area contributed by atoms with Crippen molar-refractivity contribution < 1.29 is 24.0 Å². The van der Waals surface area contributed by atoms with E-state index < -0.39 is 23.8 Å². The highest BCUT2D eigenvalue weighted by Gasteiger charge is 2.40. The number of Topliss-reactive ketones (excluding diaryl/α,β-unsaturated/α-hetero) is 1. The van der Waals surface area contributed by atoms with E-state index >= 15 is 0 Å². The summed E-state index contributed by atoms with van der Waals surface area (Å²) in [4.78, 5) is 26.3. The molecule has 1 aliphatic rings. The van der Waals surface area contributed by atoms with E-state index in [1.807, 2.05) is 20.8 Å². The quantitative estimate of drug-likeness (QED) is 0.898. The Kier molecular flexibility index (Phi) is 5.27. The molecule has 140 valence electrons. The van der Waals surface area contributed by atoms with E-state index in [-0.39, 0.29) is 30.6 Å². The summed E-state index contributed by atoms with van der Waals surface area (Å²) in [7, 11) is 0. The molecule has 1 amide bonds. The third-order valence-electron chi connectivity index (χ3n) is 3.95. The number of likely N-dealkylation sites (tertiary alicyclic amines) is 1. The number of aliphatic hydroxyl groups excluding tert-OH is 1. The fraction of sp³-hybridized carbons (Fsp3) is 0.722. The van der Waals surface area contributed by atoms with Crippen molar-refractivity contribution in [3.63, 3.8) is 0 Å². The lowest BCUT2D eigenvalue weighted by Gasteiger charge is -2.27. The van der Waals surface area contributed by atoms with Gasteiger partial charge in [-0.15, -0.1) is 0 Å². The maximum absolute atomic E-state index is 12.7. The Labute approximate surface area is 148 Å². The zero-order valence-electron chi connectivity index (χ0n) is 15.8. The molecule has 1 N–H and O–H groups in total. The highest BCUT2D eigenvalue weighted by molar-refractivity contribution is 5.89. The van der Waals surface area contributed by atoms with Crippen molar-refractivity contribution in [3.05, 3.63) is 17.5 Å². The van der Waals surface area contributed by atoms with Crippen LogP contribution < -0.4 is 0 Å². The van der Waals surface area contributed by atoms with Gasteiger partial charge in [0, 0.05) is 17.9 Å². The molecule has 0 saturated carbocycles. The van der Waals surface area contributed by atoms with Crippen molar-refractivity contribution >= 4 is 11.9 Å². The lowest BCUT2D eigenvalue weighted by molar-refractivity contribution is -0.123. The summed E-state index contributed by atoms with van der Waals surface area (Å²) in [5.74, 6) is 0.263. The molecule has 25 heavy (non-hydrogen) atoms. The van der Waals surface area contributed by atoms with E-state index in [2.05, 4.69) is 5.16 Å². The minimum absolute atomic E-state index is 0.0275. The van der Waals surface area contributed by atoms with Crippen LogP contribution >= 0.6 is 0 Å². The first-order chi connectivity index (χ1) is 11.4. The standard InChI is InChI=1S/C18H28N2O5/c1-17(2,3)15-9-12(25-19-15)8-14(22)13-7-11(21)10-20(13)16(23)24-18(4,5)6/h9,11,13,21H,7-8,10H2,1-6H3/t11-,13-/m0/s1. The second kappa shape index (κ2) is 6.78. The van der Waals surface area contributed by atoms with Gasteiger partial charge in [-0.3, -0.25) is 9.69 Å². The number of aliphatic hydroxyl groups is 1. The molecule has 1 saturated heterocycles. The van der Waals surface area contributed by atoms with Gasteiger partial charge in [0.15, 0.2) is 5.78 Å². The van der Waals surface area contributed by atoms with Gasteiger partial charge in [0.2, 0.25) is 0 Å². The van der Waals surface area contributed by atoms with E-state index in [9.17, 15) is 14.7 Å². The smallest absolute Gasteiger partial charge is 0.410 e. The Bertz CT molecular complexity index is 639. The summed E-state index contributed by atoms with van der Waals surface area (Å²) < 4.78 is 10.6. The first-order valence-corrected chi connectivity index (χ1v) is 8.53. The van der Waals surface area contributed by atoms with Crippen molar-refractivity contribution in [1.29, 1.82) is 0 Å². The third-order valence-corrected chi connectivity index (χ3v) is 3.95. The molecule has 0 unspecified atom stereocenters. The van der Waals surface area contributed by atoms with Crippen molar-refractivity contribution in [3.8, 4) is 0 Å². The first-order valence-electron chi connectivity index (χ1n) is 8.53. The van der Waals surface area contributed by atoms with Crippen LogP contribution in [0.3, 0.4) is 0 Å². The maximum atomic E-state index is 12.7. The van der Waals surface area contributed by atoms with Crippen LogP contribution in [0, 0.1) is 0 Å². The number of aromatic nitrogens is 1. The fourth-order valence-electron chi connectivity index (χ4n) is 2.68. The van der Waals surface area contributed by atoms with Crippen molar-refractivity contribution in [1.82, 2.24) is 10.1 Å². The van der Waals surface area contributed by atoms with Gasteiger partial charge in [-0.25, -0.2) is 4.79 Å². The van der Waals surface area contributed by atoms with Crippen LogP contribution in [0.2, 0.25) is 0 Å². The lowest BCUT2D eigenvalue weighted by atomic mass is 9.92. The number of amides is 1. The zero-order chi connectivity index (χ0) is 19.0. The number of carbonyl (C=O) groups excluding carboxylic acids is 2. The Morgan fingerprint density at radius 2 is 1.96 bits per heavy atom. The van der Waals surface area contributed by atoms with Crippen LogP contribution in [0.1, 0.15) is 59.4 Å². The molecule has 2 atom stereocenters. The second-order valence-electron chi connectivity index (χ2n) is 8.61. The Morgan fingerprint density at radius 3 is 2.48 bits per heavy atom. The molecule has 1 aromatic heterocycles. The summed E-state index contributed by atoms with van der Waals surface area (Å²) in [6.45, 7) is 11.4. The maximum Gasteiger partial charge on any atom is 0.410 e. The number of hydrogen-bond donors (Lipinski definition) is 1. The highest BCUT2D eigenvalue weighted by Crippen LogP contribution is 2.25. The number of rotatable bonds is 3. The summed E-state index contributed by atoms with van der Waals surface area (Å²) in [6, 6.07) is 1.05. The van der Waals surface area contributed by atoms with Gasteiger partial charge in [0.25, 0.3) is 0 Å². The molecule has 2 rings (SSSR count). The van der Waals surface area contributed by atoms with E-state index in [1.165, 1.54) is 4.90 Å². The summed E-state index contributed by atoms with van der Waals surface area (Å²) in [6.07, 6.45) is -1.09. The normalized spacial score (nSPS) is 21.5. The molecule has 0 bridgehead atoms. The van der Waals surface area contributed by atoms with E-state index in [0.717, 1.165) is 5.69 Å². The van der Waals surface area contributed by atoms with Crippen molar-refractivity contribution in [2.45, 2.75) is 77.5 Å². The molecule has 2 heterocycles. The Balaban J connectivity index is 2.08. The Hall–Kier alpha value is -1.89. The number of hydrogen-bond acceptors (Lipinski definition) is 6. The topological polar surface area (TPSA) is 92.9 Å². The molecule has 0 radical (unpaired) electrons. The van der Waals surface area contributed by atoms with Gasteiger partial charge in [0.05, 0.1) is 30.8 Å². The Morgan fingerprint density at radius 1 is 1.32 bits per heavy atom. The van der Waals surface area contributed by atoms with E-state index in [0.29, 0.717) is 5.76 Å². The van der Waals surface area contributed by atoms with Crippen LogP contribution in [-0.4, -0.2) is 51.3 Å². The third kappa shape index (κ3) is 5.04. The van der Waals surface area contributed by atoms with Crippen LogP contribution in [0.5, 0.6) is 0 Å². The minimum Gasteiger partial charge on any atom is -0.444 e. The summed E-state index contributed by atoms with van der Waals surface area (Å²) >= 11 is 0. The van der Waals surface area contributed by atoms with Gasteiger partial charge in [-0.2, -0.15) is 0 Å². The van der Waals surface area contributed by atoms with Crippen LogP contribution in [-0.2, 0) is 21.4 Å². The molecule has 7 nitrogen and oxygen atoms in total. The average Bonchev–Trinajstić information content (AvgIpc) is 3.02. The SMILES string of the molecule is CC(C)(C)OC(=O)N1C[C@@H](O)C[C@H]1C(=O)Cc1cc(C(C)(C)C)no1. The van der Waals surface area contributed by atoms with Crippen molar-refractivity contribution in [2.24, 2.45) is 0 Å². The zero-order valence-corrected chi connectivity index (χ0v) is 15.8. The van der Waals surface area contributed by atoms with Gasteiger partial charge < -0.3 is 14.4 Å². The second-order valence-corrected chi connectivity index (χ2v) is 8.61. The number of carbonyl (C=O) groups is 2. The predicted molar refractivity (Wildman–Crippen MR) is 91.3 cm³/mol. The monoisotopic (exact) mass is 352 g/mol. The van der Waals surface area contributed by atoms with Crippen LogP contribution in [0.15, 0.2) is 10.6 Å². The lowest BCUT2D eigenvalue weighted by Crippen LogP contribution is -2.44. The number of β-amino-alcohol motifs (C(OH)–C–C–N with tert-alkyl or cyclic N) is 1. The highest BCUT2D eigenvalue weighted by atomic mass is 16.6. The summed E-state index contributed by atoms with van der Waals surface area (Å²) in [5.41, 5.74) is -0.0625. The van der Waals surface area contributed by atoms with Gasteiger partial charge in [0.1, 0.15) is 11.4 Å². The predicted octanol–water partition coefficient (Wildman–Crippen LogP) is 2.45. The molecular weight excluding hydrogens is 324 g/mol. The average molecular weight is 352 g/mol. The molecule has 7 heteroatoms. The first kappa shape index (κ1) is 19.4. The van der Waals surface area contributed by atoms with Crippen LogP contribution in [0.25, 0.3) is 0 Å². The number of nitrogens with zero attached hydrogens (tertiary/aromatic N) is 2. The van der Waals surface area contributed by atoms with E-state index in [1.54, 1.807) is 26.8 Å². The molecule has 0 aromatic carbocycles. The summed E-state index contributed by atoms with van der Waals surface area (Å²) in [5, 5.41) is 13.9. The molecule has 0 spiro atoms.